The van der Waals surface area contributed by atoms with Gasteiger partial charge >= 0.3 is 0 Å². The molecule has 4 N–H and O–H groups in total. The molecule has 2 atom stereocenters. The Morgan fingerprint density at radius 3 is 2.56 bits per heavy atom. The molecule has 2 aliphatic rings. The Morgan fingerprint density at radius 2 is 1.84 bits per heavy atom. The molecule has 0 bridgehead atoms. The standard InChI is InChI=1S/C23H34FN7O/c1-15(19-9-6-12-25-19)27-22-29-21(26-14-16-7-4-3-5-8-16)30-23(31-22)28-17-10-11-20(32-2)18(24)13-17/h10-11,13,15-16,19,25H,3-9,12,14H2,1-2H3,(H3,26,27,28,29,30,31). The van der Waals surface area contributed by atoms with Crippen molar-refractivity contribution in [2.24, 2.45) is 5.92 Å². The molecule has 2 aromatic rings. The largest absolute Gasteiger partial charge is 0.494 e. The van der Waals surface area contributed by atoms with Crippen molar-refractivity contribution in [3.63, 3.8) is 0 Å². The third-order valence-corrected chi connectivity index (χ3v) is 6.38. The van der Waals surface area contributed by atoms with Gasteiger partial charge < -0.3 is 26.0 Å². The monoisotopic (exact) mass is 443 g/mol. The number of ether oxygens (including phenoxy) is 1. The zero-order chi connectivity index (χ0) is 22.3. The Morgan fingerprint density at radius 1 is 1.06 bits per heavy atom. The highest BCUT2D eigenvalue weighted by molar-refractivity contribution is 5.57. The van der Waals surface area contributed by atoms with Crippen LogP contribution in [0.3, 0.4) is 0 Å². The third kappa shape index (κ3) is 5.97. The molecular weight excluding hydrogens is 409 g/mol. The summed E-state index contributed by atoms with van der Waals surface area (Å²) in [5.41, 5.74) is 0.546. The summed E-state index contributed by atoms with van der Waals surface area (Å²) in [5, 5.41) is 13.4. The van der Waals surface area contributed by atoms with Crippen LogP contribution in [-0.2, 0) is 0 Å². The lowest BCUT2D eigenvalue weighted by Gasteiger charge is -2.23. The maximum Gasteiger partial charge on any atom is 0.233 e. The highest BCUT2D eigenvalue weighted by Gasteiger charge is 2.22. The highest BCUT2D eigenvalue weighted by atomic mass is 19.1. The van der Waals surface area contributed by atoms with Crippen molar-refractivity contribution in [1.29, 1.82) is 0 Å². The van der Waals surface area contributed by atoms with Gasteiger partial charge in [-0.2, -0.15) is 15.0 Å². The molecule has 1 aromatic heterocycles. The van der Waals surface area contributed by atoms with Crippen LogP contribution in [0.15, 0.2) is 18.2 Å². The van der Waals surface area contributed by atoms with Crippen LogP contribution in [0.2, 0.25) is 0 Å². The van der Waals surface area contributed by atoms with Crippen LogP contribution < -0.4 is 26.0 Å². The van der Waals surface area contributed by atoms with E-state index in [1.54, 1.807) is 12.1 Å². The van der Waals surface area contributed by atoms with Gasteiger partial charge in [-0.3, -0.25) is 0 Å². The predicted molar refractivity (Wildman–Crippen MR) is 125 cm³/mol. The Balaban J connectivity index is 1.50. The minimum Gasteiger partial charge on any atom is -0.494 e. The van der Waals surface area contributed by atoms with E-state index in [0.29, 0.717) is 35.5 Å². The first-order valence-electron chi connectivity index (χ1n) is 11.7. The summed E-state index contributed by atoms with van der Waals surface area (Å²) in [5.74, 6) is 1.79. The molecule has 174 valence electrons. The molecule has 2 unspecified atom stereocenters. The predicted octanol–water partition coefficient (Wildman–Crippen LogP) is 4.31. The van der Waals surface area contributed by atoms with Gasteiger partial charge in [0.05, 0.1) is 7.11 Å². The second-order valence-corrected chi connectivity index (χ2v) is 8.80. The summed E-state index contributed by atoms with van der Waals surface area (Å²) >= 11 is 0. The number of anilines is 4. The first kappa shape index (κ1) is 22.5. The Hall–Kier alpha value is -2.68. The molecule has 1 saturated carbocycles. The van der Waals surface area contributed by atoms with E-state index in [-0.39, 0.29) is 11.8 Å². The minimum absolute atomic E-state index is 0.178. The molecule has 0 spiro atoms. The quantitative estimate of drug-likeness (QED) is 0.455. The van der Waals surface area contributed by atoms with E-state index in [1.165, 1.54) is 51.7 Å². The fourth-order valence-electron chi connectivity index (χ4n) is 4.52. The SMILES string of the molecule is COc1ccc(Nc2nc(NCC3CCCCC3)nc(NC(C)C3CCCN3)n2)cc1F. The Labute approximate surface area is 189 Å². The Bertz CT molecular complexity index is 885. The molecule has 32 heavy (non-hydrogen) atoms. The summed E-state index contributed by atoms with van der Waals surface area (Å²) in [4.78, 5) is 13.7. The molecular formula is C23H34FN7O. The first-order valence-corrected chi connectivity index (χ1v) is 11.7. The van der Waals surface area contributed by atoms with E-state index in [4.69, 9.17) is 4.74 Å². The van der Waals surface area contributed by atoms with Crippen LogP contribution in [0.1, 0.15) is 51.9 Å². The number of aromatic nitrogens is 3. The molecule has 1 saturated heterocycles. The van der Waals surface area contributed by atoms with Crippen molar-refractivity contribution in [3.05, 3.63) is 24.0 Å². The summed E-state index contributed by atoms with van der Waals surface area (Å²) in [6.45, 7) is 4.02. The van der Waals surface area contributed by atoms with Crippen LogP contribution in [0.4, 0.5) is 27.9 Å². The number of hydrogen-bond donors (Lipinski definition) is 4. The van der Waals surface area contributed by atoms with Gasteiger partial charge in [-0.25, -0.2) is 4.39 Å². The fourth-order valence-corrected chi connectivity index (χ4v) is 4.52. The van der Waals surface area contributed by atoms with Gasteiger partial charge in [0.2, 0.25) is 17.8 Å². The van der Waals surface area contributed by atoms with Crippen molar-refractivity contribution in [2.75, 3.05) is 36.1 Å². The number of methoxy groups -OCH3 is 1. The summed E-state index contributed by atoms with van der Waals surface area (Å²) in [6.07, 6.45) is 8.69. The molecule has 1 aromatic carbocycles. The van der Waals surface area contributed by atoms with Crippen molar-refractivity contribution in [1.82, 2.24) is 20.3 Å². The molecule has 0 radical (unpaired) electrons. The Kier molecular flexibility index (Phi) is 7.57. The van der Waals surface area contributed by atoms with Gasteiger partial charge in [-0.1, -0.05) is 19.3 Å². The van der Waals surface area contributed by atoms with E-state index in [9.17, 15) is 4.39 Å². The zero-order valence-electron chi connectivity index (χ0n) is 19.0. The van der Waals surface area contributed by atoms with E-state index in [1.807, 2.05) is 0 Å². The summed E-state index contributed by atoms with van der Waals surface area (Å²) in [7, 11) is 1.44. The smallest absolute Gasteiger partial charge is 0.233 e. The lowest BCUT2D eigenvalue weighted by Crippen LogP contribution is -2.38. The average Bonchev–Trinajstić information content (AvgIpc) is 3.34. The first-order chi connectivity index (χ1) is 15.6. The fraction of sp³-hybridized carbons (Fsp3) is 0.609. The number of benzene rings is 1. The summed E-state index contributed by atoms with van der Waals surface area (Å²) in [6, 6.07) is 5.25. The molecule has 1 aliphatic heterocycles. The topological polar surface area (TPSA) is 96.0 Å². The van der Waals surface area contributed by atoms with E-state index in [2.05, 4.69) is 43.1 Å². The maximum atomic E-state index is 14.1. The van der Waals surface area contributed by atoms with Gasteiger partial charge in [0, 0.05) is 30.4 Å². The van der Waals surface area contributed by atoms with Crippen molar-refractivity contribution < 1.29 is 9.13 Å². The van der Waals surface area contributed by atoms with E-state index < -0.39 is 5.82 Å². The summed E-state index contributed by atoms with van der Waals surface area (Å²) < 4.78 is 19.1. The number of halogens is 1. The van der Waals surface area contributed by atoms with Gasteiger partial charge in [0.1, 0.15) is 0 Å². The normalized spacial score (nSPS) is 20.0. The average molecular weight is 444 g/mol. The van der Waals surface area contributed by atoms with Crippen LogP contribution in [0.5, 0.6) is 5.75 Å². The van der Waals surface area contributed by atoms with E-state index in [0.717, 1.165) is 19.5 Å². The lowest BCUT2D eigenvalue weighted by atomic mass is 9.89. The van der Waals surface area contributed by atoms with E-state index >= 15 is 0 Å². The number of hydrogen-bond acceptors (Lipinski definition) is 8. The molecule has 4 rings (SSSR count). The van der Waals surface area contributed by atoms with Crippen LogP contribution in [0.25, 0.3) is 0 Å². The van der Waals surface area contributed by atoms with Gasteiger partial charge in [-0.15, -0.1) is 0 Å². The minimum atomic E-state index is -0.443. The third-order valence-electron chi connectivity index (χ3n) is 6.38. The van der Waals surface area contributed by atoms with Gasteiger partial charge in [0.25, 0.3) is 0 Å². The second-order valence-electron chi connectivity index (χ2n) is 8.80. The molecule has 1 aliphatic carbocycles. The van der Waals surface area contributed by atoms with Crippen molar-refractivity contribution in [2.45, 2.75) is 64.0 Å². The molecule has 0 amide bonds. The van der Waals surface area contributed by atoms with Crippen molar-refractivity contribution in [3.8, 4) is 5.75 Å². The van der Waals surface area contributed by atoms with Crippen LogP contribution in [-0.4, -0.2) is 47.2 Å². The lowest BCUT2D eigenvalue weighted by molar-refractivity contribution is 0.373. The number of nitrogens with one attached hydrogen (secondary N) is 4. The zero-order valence-corrected chi connectivity index (χ0v) is 19.0. The van der Waals surface area contributed by atoms with Crippen LogP contribution >= 0.6 is 0 Å². The highest BCUT2D eigenvalue weighted by Crippen LogP contribution is 2.25. The molecule has 9 heteroatoms. The number of rotatable bonds is 9. The number of nitrogens with zero attached hydrogens (tertiary/aromatic N) is 3. The molecule has 2 fully saturated rings. The molecule has 8 nitrogen and oxygen atoms in total. The molecule has 2 heterocycles. The maximum absolute atomic E-state index is 14.1. The van der Waals surface area contributed by atoms with Crippen LogP contribution in [0, 0.1) is 11.7 Å². The van der Waals surface area contributed by atoms with Gasteiger partial charge in [-0.05, 0) is 57.2 Å². The second kappa shape index (κ2) is 10.8. The van der Waals surface area contributed by atoms with Crippen molar-refractivity contribution >= 4 is 23.5 Å². The van der Waals surface area contributed by atoms with Gasteiger partial charge in [0.15, 0.2) is 11.6 Å².